The second kappa shape index (κ2) is 3.55. The maximum absolute atomic E-state index is 10.6. The quantitative estimate of drug-likeness (QED) is 0.453. The lowest BCUT2D eigenvalue weighted by atomic mass is 10.1. The molecule has 1 aliphatic rings. The van der Waals surface area contributed by atoms with E-state index in [2.05, 4.69) is 12.6 Å². The molecular formula is C7H11NO4S. The fourth-order valence-corrected chi connectivity index (χ4v) is 2.11. The van der Waals surface area contributed by atoms with Crippen LogP contribution in [0.4, 0.5) is 0 Å². The zero-order valence-corrected chi connectivity index (χ0v) is 7.65. The molecule has 0 aromatic carbocycles. The van der Waals surface area contributed by atoms with Gasteiger partial charge in [0.1, 0.15) is 6.04 Å². The van der Waals surface area contributed by atoms with Crippen LogP contribution in [0.1, 0.15) is 0 Å². The summed E-state index contributed by atoms with van der Waals surface area (Å²) in [4.78, 5) is 21.1. The molecule has 6 heteroatoms. The molecule has 0 amide bonds. The highest BCUT2D eigenvalue weighted by molar-refractivity contribution is 7.80. The highest BCUT2D eigenvalue weighted by Gasteiger charge is 2.58. The Morgan fingerprint density at radius 3 is 2.23 bits per heavy atom. The van der Waals surface area contributed by atoms with Crippen molar-refractivity contribution in [2.45, 2.75) is 6.04 Å². The summed E-state index contributed by atoms with van der Waals surface area (Å²) in [6.07, 6.45) is 0. The first-order valence-corrected chi connectivity index (χ1v) is 4.46. The zero-order chi connectivity index (χ0) is 10.2. The summed E-state index contributed by atoms with van der Waals surface area (Å²) in [6, 6.07) is -1.08. The molecule has 4 N–H and O–H groups in total. The number of hydrogen-bond acceptors (Lipinski definition) is 4. The Hall–Kier alpha value is -0.750. The van der Waals surface area contributed by atoms with Crippen molar-refractivity contribution in [2.75, 3.05) is 5.75 Å². The van der Waals surface area contributed by atoms with Crippen molar-refractivity contribution in [1.82, 2.24) is 0 Å². The van der Waals surface area contributed by atoms with Gasteiger partial charge in [0.15, 0.2) is 0 Å². The van der Waals surface area contributed by atoms with Gasteiger partial charge in [0.25, 0.3) is 0 Å². The third kappa shape index (κ3) is 1.78. The van der Waals surface area contributed by atoms with Gasteiger partial charge in [-0.15, -0.1) is 0 Å². The summed E-state index contributed by atoms with van der Waals surface area (Å²) in [5, 5.41) is 17.2. The lowest BCUT2D eigenvalue weighted by molar-refractivity contribution is -0.140. The van der Waals surface area contributed by atoms with Crippen LogP contribution in [0, 0.1) is 17.8 Å². The van der Waals surface area contributed by atoms with Gasteiger partial charge in [-0.3, -0.25) is 9.59 Å². The number of aliphatic carboxylic acids is 2. The van der Waals surface area contributed by atoms with E-state index < -0.39 is 29.8 Å². The largest absolute Gasteiger partial charge is 0.481 e. The molecule has 13 heavy (non-hydrogen) atoms. The van der Waals surface area contributed by atoms with Crippen molar-refractivity contribution in [3.63, 3.8) is 0 Å². The Bertz CT molecular complexity index is 245. The smallest absolute Gasteiger partial charge is 0.320 e. The van der Waals surface area contributed by atoms with Gasteiger partial charge >= 0.3 is 11.9 Å². The van der Waals surface area contributed by atoms with Gasteiger partial charge in [-0.1, -0.05) is 0 Å². The van der Waals surface area contributed by atoms with Crippen molar-refractivity contribution < 1.29 is 19.8 Å². The fraction of sp³-hybridized carbons (Fsp3) is 0.714. The molecule has 1 fully saturated rings. The molecule has 0 aromatic heterocycles. The second-order valence-electron chi connectivity index (χ2n) is 3.15. The molecule has 74 valence electrons. The molecular weight excluding hydrogens is 194 g/mol. The maximum atomic E-state index is 10.6. The molecule has 1 rings (SSSR count). The first-order chi connectivity index (χ1) is 6.00. The lowest BCUT2D eigenvalue weighted by Crippen LogP contribution is -2.34. The molecule has 0 aromatic rings. The number of thiol groups is 1. The van der Waals surface area contributed by atoms with Crippen LogP contribution in [0.25, 0.3) is 0 Å². The predicted octanol–water partition coefficient (Wildman–Crippen LogP) is -0.725. The monoisotopic (exact) mass is 205 g/mol. The maximum Gasteiger partial charge on any atom is 0.320 e. The topological polar surface area (TPSA) is 101 Å². The fourth-order valence-electron chi connectivity index (χ4n) is 1.64. The van der Waals surface area contributed by atoms with Crippen LogP contribution in [-0.2, 0) is 9.59 Å². The van der Waals surface area contributed by atoms with E-state index in [0.717, 1.165) is 0 Å². The normalized spacial score (nSPS) is 33.8. The van der Waals surface area contributed by atoms with Gasteiger partial charge in [0, 0.05) is 5.92 Å². The van der Waals surface area contributed by atoms with Gasteiger partial charge in [0.2, 0.25) is 0 Å². The number of hydrogen-bond donors (Lipinski definition) is 4. The molecule has 5 nitrogen and oxygen atoms in total. The summed E-state index contributed by atoms with van der Waals surface area (Å²) >= 11 is 3.94. The standard InChI is InChI=1S/C7H11NO4S/c8-5(7(11)12)3-2(1-13)4(3)6(9)10/h2-5,13H,1,8H2,(H,9,10)(H,11,12). The van der Waals surface area contributed by atoms with Gasteiger partial charge in [-0.25, -0.2) is 0 Å². The molecule has 1 saturated carbocycles. The minimum absolute atomic E-state index is 0.202. The average Bonchev–Trinajstić information content (AvgIpc) is 2.76. The molecule has 4 atom stereocenters. The lowest BCUT2D eigenvalue weighted by Gasteiger charge is -2.03. The molecule has 0 radical (unpaired) electrons. The van der Waals surface area contributed by atoms with Crippen LogP contribution >= 0.6 is 12.6 Å². The van der Waals surface area contributed by atoms with Gasteiger partial charge < -0.3 is 15.9 Å². The first kappa shape index (κ1) is 10.3. The molecule has 0 aliphatic heterocycles. The second-order valence-corrected chi connectivity index (χ2v) is 3.52. The number of carboxylic acid groups (broad SMARTS) is 2. The van der Waals surface area contributed by atoms with Crippen LogP contribution in [0.2, 0.25) is 0 Å². The van der Waals surface area contributed by atoms with E-state index in [9.17, 15) is 9.59 Å². The van der Waals surface area contributed by atoms with Crippen molar-refractivity contribution in [3.05, 3.63) is 0 Å². The third-order valence-electron chi connectivity index (χ3n) is 2.43. The molecule has 0 bridgehead atoms. The van der Waals surface area contributed by atoms with Gasteiger partial charge in [-0.05, 0) is 11.7 Å². The summed E-state index contributed by atoms with van der Waals surface area (Å²) in [5.41, 5.74) is 5.32. The average molecular weight is 205 g/mol. The van der Waals surface area contributed by atoms with E-state index in [1.54, 1.807) is 0 Å². The third-order valence-corrected chi connectivity index (χ3v) is 2.85. The summed E-state index contributed by atoms with van der Waals surface area (Å²) < 4.78 is 0. The van der Waals surface area contributed by atoms with Crippen molar-refractivity contribution in [1.29, 1.82) is 0 Å². The van der Waals surface area contributed by atoms with Gasteiger partial charge in [0.05, 0.1) is 5.92 Å². The van der Waals surface area contributed by atoms with Crippen LogP contribution in [0.5, 0.6) is 0 Å². The van der Waals surface area contributed by atoms with Crippen molar-refractivity contribution >= 4 is 24.6 Å². The van der Waals surface area contributed by atoms with Crippen LogP contribution in [0.3, 0.4) is 0 Å². The number of nitrogens with two attached hydrogens (primary N) is 1. The summed E-state index contributed by atoms with van der Waals surface area (Å²) in [7, 11) is 0. The summed E-state index contributed by atoms with van der Waals surface area (Å²) in [6.45, 7) is 0. The Morgan fingerprint density at radius 1 is 1.46 bits per heavy atom. The van der Waals surface area contributed by atoms with E-state index in [-0.39, 0.29) is 5.92 Å². The Morgan fingerprint density at radius 2 is 2.00 bits per heavy atom. The van der Waals surface area contributed by atoms with E-state index in [1.807, 2.05) is 0 Å². The Balaban J connectivity index is 2.63. The van der Waals surface area contributed by atoms with E-state index >= 15 is 0 Å². The number of carboxylic acids is 2. The van der Waals surface area contributed by atoms with Crippen LogP contribution < -0.4 is 5.73 Å². The highest BCUT2D eigenvalue weighted by Crippen LogP contribution is 2.48. The highest BCUT2D eigenvalue weighted by atomic mass is 32.1. The number of rotatable bonds is 4. The van der Waals surface area contributed by atoms with E-state index in [0.29, 0.717) is 5.75 Å². The molecule has 0 spiro atoms. The minimum atomic E-state index is -1.15. The number of carbonyl (C=O) groups is 2. The van der Waals surface area contributed by atoms with Crippen LogP contribution in [-0.4, -0.2) is 33.9 Å². The molecule has 0 heterocycles. The Kier molecular flexibility index (Phi) is 2.82. The van der Waals surface area contributed by atoms with Crippen molar-refractivity contribution in [3.8, 4) is 0 Å². The molecule has 1 aliphatic carbocycles. The SMILES string of the molecule is NC(C(=O)O)C1C(CS)C1C(=O)O. The van der Waals surface area contributed by atoms with Gasteiger partial charge in [-0.2, -0.15) is 12.6 Å². The predicted molar refractivity (Wildman–Crippen MR) is 47.6 cm³/mol. The van der Waals surface area contributed by atoms with Crippen LogP contribution in [0.15, 0.2) is 0 Å². The Labute approximate surface area is 80.3 Å². The molecule has 0 saturated heterocycles. The zero-order valence-electron chi connectivity index (χ0n) is 6.75. The summed E-state index contributed by atoms with van der Waals surface area (Å²) in [5.74, 6) is -3.08. The molecule has 4 unspecified atom stereocenters. The van der Waals surface area contributed by atoms with E-state index in [4.69, 9.17) is 15.9 Å². The van der Waals surface area contributed by atoms with E-state index in [1.165, 1.54) is 0 Å². The first-order valence-electron chi connectivity index (χ1n) is 3.82. The minimum Gasteiger partial charge on any atom is -0.481 e. The van der Waals surface area contributed by atoms with Crippen molar-refractivity contribution in [2.24, 2.45) is 23.5 Å².